The highest BCUT2D eigenvalue weighted by molar-refractivity contribution is 5.94. The second-order valence-corrected chi connectivity index (χ2v) is 3.62. The first-order valence-corrected chi connectivity index (χ1v) is 5.35. The van der Waals surface area contributed by atoms with Crippen LogP contribution in [0.15, 0.2) is 12.1 Å². The number of anilines is 1. The van der Waals surface area contributed by atoms with Crippen molar-refractivity contribution in [3.05, 3.63) is 23.4 Å². The van der Waals surface area contributed by atoms with Gasteiger partial charge in [0.1, 0.15) is 5.82 Å². The molecular weight excluding hydrogens is 228 g/mol. The van der Waals surface area contributed by atoms with E-state index < -0.39 is 18.9 Å². The standard InChI is InChI=1S/C11H15F2N3O/c1-2-3-8-4-7(5-10(14)16-8)11(17)15-6-9(12)13/h4-5,9H,2-3,6H2,1H3,(H2,14,16)(H,15,17). The molecule has 0 aliphatic rings. The van der Waals surface area contributed by atoms with Gasteiger partial charge in [0.05, 0.1) is 6.54 Å². The lowest BCUT2D eigenvalue weighted by Gasteiger charge is -2.07. The van der Waals surface area contributed by atoms with Crippen molar-refractivity contribution in [3.63, 3.8) is 0 Å². The molecule has 0 saturated carbocycles. The van der Waals surface area contributed by atoms with Crippen LogP contribution in [0, 0.1) is 0 Å². The van der Waals surface area contributed by atoms with Crippen LogP contribution in [0.5, 0.6) is 0 Å². The van der Waals surface area contributed by atoms with Gasteiger partial charge in [-0.25, -0.2) is 13.8 Å². The number of nitrogens with zero attached hydrogens (tertiary/aromatic N) is 1. The van der Waals surface area contributed by atoms with E-state index in [0.717, 1.165) is 6.42 Å². The van der Waals surface area contributed by atoms with Crippen molar-refractivity contribution in [2.45, 2.75) is 26.2 Å². The van der Waals surface area contributed by atoms with Crippen LogP contribution in [0.1, 0.15) is 29.4 Å². The monoisotopic (exact) mass is 243 g/mol. The molecule has 17 heavy (non-hydrogen) atoms. The summed E-state index contributed by atoms with van der Waals surface area (Å²) in [6.45, 7) is 1.31. The highest BCUT2D eigenvalue weighted by atomic mass is 19.3. The summed E-state index contributed by atoms with van der Waals surface area (Å²) in [5.41, 5.74) is 6.50. The van der Waals surface area contributed by atoms with E-state index >= 15 is 0 Å². The first kappa shape index (κ1) is 13.3. The Morgan fingerprint density at radius 3 is 2.82 bits per heavy atom. The maximum atomic E-state index is 11.9. The molecule has 1 amide bonds. The van der Waals surface area contributed by atoms with Gasteiger partial charge < -0.3 is 11.1 Å². The molecule has 0 saturated heterocycles. The van der Waals surface area contributed by atoms with E-state index in [-0.39, 0.29) is 11.4 Å². The van der Waals surface area contributed by atoms with Crippen LogP contribution in [0.3, 0.4) is 0 Å². The second-order valence-electron chi connectivity index (χ2n) is 3.62. The predicted molar refractivity (Wildman–Crippen MR) is 61.0 cm³/mol. The molecule has 0 radical (unpaired) electrons. The smallest absolute Gasteiger partial charge is 0.255 e. The quantitative estimate of drug-likeness (QED) is 0.825. The average Bonchev–Trinajstić information content (AvgIpc) is 2.25. The Labute approximate surface area is 98.2 Å². The van der Waals surface area contributed by atoms with Gasteiger partial charge in [-0.15, -0.1) is 0 Å². The van der Waals surface area contributed by atoms with Crippen LogP contribution >= 0.6 is 0 Å². The summed E-state index contributed by atoms with van der Waals surface area (Å²) in [5.74, 6) is -0.338. The summed E-state index contributed by atoms with van der Waals surface area (Å²) in [6.07, 6.45) is -0.998. The molecule has 0 fully saturated rings. The topological polar surface area (TPSA) is 68.0 Å². The first-order chi connectivity index (χ1) is 8.02. The van der Waals surface area contributed by atoms with Crippen molar-refractivity contribution in [1.82, 2.24) is 10.3 Å². The zero-order valence-electron chi connectivity index (χ0n) is 9.54. The van der Waals surface area contributed by atoms with Gasteiger partial charge in [0, 0.05) is 11.3 Å². The minimum Gasteiger partial charge on any atom is -0.384 e. The molecule has 4 nitrogen and oxygen atoms in total. The van der Waals surface area contributed by atoms with Crippen LogP contribution < -0.4 is 11.1 Å². The zero-order valence-corrected chi connectivity index (χ0v) is 9.54. The molecule has 0 spiro atoms. The van der Waals surface area contributed by atoms with Crippen LogP contribution in [0.4, 0.5) is 14.6 Å². The normalized spacial score (nSPS) is 10.6. The molecule has 0 unspecified atom stereocenters. The Balaban J connectivity index is 2.78. The third kappa shape index (κ3) is 4.34. The molecule has 0 aliphatic heterocycles. The van der Waals surface area contributed by atoms with E-state index in [1.807, 2.05) is 6.92 Å². The number of aryl methyl sites for hydroxylation is 1. The lowest BCUT2D eigenvalue weighted by Crippen LogP contribution is -2.28. The maximum absolute atomic E-state index is 11.9. The molecule has 0 atom stereocenters. The van der Waals surface area contributed by atoms with Crippen LogP contribution in [-0.4, -0.2) is 23.9 Å². The largest absolute Gasteiger partial charge is 0.384 e. The molecule has 94 valence electrons. The summed E-state index contributed by atoms with van der Waals surface area (Å²) in [7, 11) is 0. The number of hydrogen-bond acceptors (Lipinski definition) is 3. The van der Waals surface area contributed by atoms with E-state index in [9.17, 15) is 13.6 Å². The predicted octanol–water partition coefficient (Wildman–Crippen LogP) is 1.61. The number of aromatic nitrogens is 1. The van der Waals surface area contributed by atoms with E-state index in [2.05, 4.69) is 10.3 Å². The number of nitrogens with two attached hydrogens (primary N) is 1. The molecule has 1 heterocycles. The number of rotatable bonds is 5. The summed E-state index contributed by atoms with van der Waals surface area (Å²) in [4.78, 5) is 15.6. The molecule has 1 aromatic rings. The number of nitrogens with one attached hydrogen (secondary N) is 1. The van der Waals surface area contributed by atoms with Gasteiger partial charge in [-0.1, -0.05) is 13.3 Å². The first-order valence-electron chi connectivity index (χ1n) is 5.35. The second kappa shape index (κ2) is 6.12. The van der Waals surface area contributed by atoms with Crippen LogP contribution in [0.2, 0.25) is 0 Å². The van der Waals surface area contributed by atoms with Crippen molar-refractivity contribution in [3.8, 4) is 0 Å². The van der Waals surface area contributed by atoms with Gasteiger partial charge in [0.15, 0.2) is 0 Å². The molecule has 1 rings (SSSR count). The van der Waals surface area contributed by atoms with Gasteiger partial charge in [-0.05, 0) is 18.6 Å². The highest BCUT2D eigenvalue weighted by Gasteiger charge is 2.10. The Morgan fingerprint density at radius 1 is 1.53 bits per heavy atom. The summed E-state index contributed by atoms with van der Waals surface area (Å²) < 4.78 is 23.9. The third-order valence-corrected chi connectivity index (χ3v) is 2.08. The van der Waals surface area contributed by atoms with Gasteiger partial charge in [-0.2, -0.15) is 0 Å². The number of alkyl halides is 2. The molecule has 6 heteroatoms. The van der Waals surface area contributed by atoms with E-state index in [0.29, 0.717) is 12.1 Å². The van der Waals surface area contributed by atoms with Gasteiger partial charge in [-0.3, -0.25) is 4.79 Å². The Hall–Kier alpha value is -1.72. The average molecular weight is 243 g/mol. The summed E-state index contributed by atoms with van der Waals surface area (Å²) in [6, 6.07) is 2.95. The third-order valence-electron chi connectivity index (χ3n) is 2.08. The van der Waals surface area contributed by atoms with Crippen molar-refractivity contribution in [2.75, 3.05) is 12.3 Å². The number of halogens is 2. The highest BCUT2D eigenvalue weighted by Crippen LogP contribution is 2.09. The van der Waals surface area contributed by atoms with Crippen LogP contribution in [-0.2, 0) is 6.42 Å². The Morgan fingerprint density at radius 2 is 2.24 bits per heavy atom. The fourth-order valence-corrected chi connectivity index (χ4v) is 1.40. The van der Waals surface area contributed by atoms with Crippen molar-refractivity contribution < 1.29 is 13.6 Å². The maximum Gasteiger partial charge on any atom is 0.255 e. The number of hydrogen-bond donors (Lipinski definition) is 2. The molecule has 0 aromatic carbocycles. The minimum absolute atomic E-state index is 0.221. The van der Waals surface area contributed by atoms with Gasteiger partial charge in [0.2, 0.25) is 0 Å². The molecule has 1 aromatic heterocycles. The van der Waals surface area contributed by atoms with Gasteiger partial charge >= 0.3 is 0 Å². The number of amides is 1. The molecule has 3 N–H and O–H groups in total. The van der Waals surface area contributed by atoms with E-state index in [1.54, 1.807) is 6.07 Å². The zero-order chi connectivity index (χ0) is 12.8. The number of nitrogen functional groups attached to an aromatic ring is 1. The SMILES string of the molecule is CCCc1cc(C(=O)NCC(F)F)cc(N)n1. The number of pyridine rings is 1. The minimum atomic E-state index is -2.56. The fraction of sp³-hybridized carbons (Fsp3) is 0.455. The van der Waals surface area contributed by atoms with Gasteiger partial charge in [0.25, 0.3) is 12.3 Å². The van der Waals surface area contributed by atoms with E-state index in [1.165, 1.54) is 6.07 Å². The molecular formula is C11H15F2N3O. The number of carbonyl (C=O) groups is 1. The Bertz CT molecular complexity index is 396. The van der Waals surface area contributed by atoms with E-state index in [4.69, 9.17) is 5.73 Å². The summed E-state index contributed by atoms with van der Waals surface area (Å²) in [5, 5.41) is 2.12. The fourth-order valence-electron chi connectivity index (χ4n) is 1.40. The molecule has 0 aliphatic carbocycles. The van der Waals surface area contributed by atoms with Crippen LogP contribution in [0.25, 0.3) is 0 Å². The van der Waals surface area contributed by atoms with Crippen molar-refractivity contribution >= 4 is 11.7 Å². The lowest BCUT2D eigenvalue weighted by molar-refractivity contribution is 0.0891. The Kier molecular flexibility index (Phi) is 4.81. The summed E-state index contributed by atoms with van der Waals surface area (Å²) >= 11 is 0. The lowest BCUT2D eigenvalue weighted by atomic mass is 10.1. The van der Waals surface area contributed by atoms with Crippen molar-refractivity contribution in [2.24, 2.45) is 0 Å². The molecule has 0 bridgehead atoms. The number of carbonyl (C=O) groups excluding carboxylic acids is 1. The van der Waals surface area contributed by atoms with Crippen molar-refractivity contribution in [1.29, 1.82) is 0 Å².